The summed E-state index contributed by atoms with van der Waals surface area (Å²) in [7, 11) is 1.29. The lowest BCUT2D eigenvalue weighted by Crippen LogP contribution is -2.17. The van der Waals surface area contributed by atoms with Crippen LogP contribution in [0.4, 0.5) is 0 Å². The number of furan rings is 1. The summed E-state index contributed by atoms with van der Waals surface area (Å²) in [4.78, 5) is 23.8. The van der Waals surface area contributed by atoms with E-state index < -0.39 is 5.97 Å². The maximum atomic E-state index is 12.0. The third kappa shape index (κ3) is 4.47. The van der Waals surface area contributed by atoms with Crippen LogP contribution in [0.15, 0.2) is 64.1 Å². The van der Waals surface area contributed by atoms with E-state index in [1.807, 2.05) is 19.1 Å². The number of carbonyl (C=O) groups excluding carboxylic acids is 2. The number of benzene rings is 2. The quantitative estimate of drug-likeness (QED) is 0.392. The van der Waals surface area contributed by atoms with Gasteiger partial charge in [-0.3, -0.25) is 4.79 Å². The number of hydrogen-bond donors (Lipinski definition) is 1. The molecule has 0 aliphatic rings. The summed E-state index contributed by atoms with van der Waals surface area (Å²) in [6.07, 6.45) is 1.40. The van der Waals surface area contributed by atoms with Gasteiger partial charge in [0.05, 0.1) is 23.9 Å². The van der Waals surface area contributed by atoms with Gasteiger partial charge in [-0.25, -0.2) is 10.2 Å². The van der Waals surface area contributed by atoms with Gasteiger partial charge in [-0.1, -0.05) is 29.3 Å². The van der Waals surface area contributed by atoms with Crippen molar-refractivity contribution < 1.29 is 18.7 Å². The van der Waals surface area contributed by atoms with Crippen LogP contribution < -0.4 is 5.43 Å². The highest BCUT2D eigenvalue weighted by atomic mass is 35.5. The third-order valence-corrected chi connectivity index (χ3v) is 4.28. The summed E-state index contributed by atoms with van der Waals surface area (Å²) in [5.41, 5.74) is 4.94. The van der Waals surface area contributed by atoms with Crippen molar-refractivity contribution in [3.63, 3.8) is 0 Å². The summed E-state index contributed by atoms with van der Waals surface area (Å²) in [6.45, 7) is 1.95. The van der Waals surface area contributed by atoms with Crippen LogP contribution >= 0.6 is 11.6 Å². The second-order valence-corrected chi connectivity index (χ2v) is 6.36. The fourth-order valence-corrected chi connectivity index (χ4v) is 2.64. The zero-order valence-electron chi connectivity index (χ0n) is 15.2. The zero-order chi connectivity index (χ0) is 20.1. The maximum absolute atomic E-state index is 12.0. The van der Waals surface area contributed by atoms with Gasteiger partial charge in [0.15, 0.2) is 0 Å². The van der Waals surface area contributed by atoms with Gasteiger partial charge in [0.1, 0.15) is 11.5 Å². The van der Waals surface area contributed by atoms with Crippen LogP contribution in [0.3, 0.4) is 0 Å². The van der Waals surface area contributed by atoms with E-state index in [4.69, 9.17) is 20.8 Å². The zero-order valence-corrected chi connectivity index (χ0v) is 16.0. The molecule has 3 aromatic rings. The molecule has 0 fully saturated rings. The van der Waals surface area contributed by atoms with Crippen molar-refractivity contribution in [3.8, 4) is 11.3 Å². The van der Waals surface area contributed by atoms with Crippen LogP contribution in [0.1, 0.15) is 32.0 Å². The average molecular weight is 397 g/mol. The Hall–Kier alpha value is -3.38. The van der Waals surface area contributed by atoms with Crippen molar-refractivity contribution in [1.29, 1.82) is 0 Å². The Morgan fingerprint density at radius 3 is 2.57 bits per heavy atom. The van der Waals surface area contributed by atoms with Crippen molar-refractivity contribution in [3.05, 3.63) is 82.1 Å². The normalized spacial score (nSPS) is 10.8. The molecule has 6 nitrogen and oxygen atoms in total. The second kappa shape index (κ2) is 8.54. The number of rotatable bonds is 5. The van der Waals surface area contributed by atoms with Crippen LogP contribution in [-0.4, -0.2) is 25.2 Å². The molecule has 1 amide bonds. The fourth-order valence-electron chi connectivity index (χ4n) is 2.45. The Morgan fingerprint density at radius 2 is 1.86 bits per heavy atom. The van der Waals surface area contributed by atoms with Crippen molar-refractivity contribution in [1.82, 2.24) is 5.43 Å². The van der Waals surface area contributed by atoms with Gasteiger partial charge in [-0.05, 0) is 49.4 Å². The monoisotopic (exact) mass is 396 g/mol. The average Bonchev–Trinajstić information content (AvgIpc) is 3.17. The molecule has 28 heavy (non-hydrogen) atoms. The molecule has 0 spiro atoms. The lowest BCUT2D eigenvalue weighted by Gasteiger charge is -2.04. The van der Waals surface area contributed by atoms with E-state index in [0.29, 0.717) is 27.7 Å². The molecule has 7 heteroatoms. The van der Waals surface area contributed by atoms with Crippen molar-refractivity contribution in [2.24, 2.45) is 5.10 Å². The number of nitrogens with one attached hydrogen (secondary N) is 1. The lowest BCUT2D eigenvalue weighted by molar-refractivity contribution is 0.0601. The number of aryl methyl sites for hydroxylation is 1. The highest BCUT2D eigenvalue weighted by molar-refractivity contribution is 6.33. The number of nitrogens with zero attached hydrogens (tertiary/aromatic N) is 1. The van der Waals surface area contributed by atoms with Gasteiger partial charge < -0.3 is 9.15 Å². The first-order valence-corrected chi connectivity index (χ1v) is 8.74. The van der Waals surface area contributed by atoms with E-state index in [9.17, 15) is 9.59 Å². The highest BCUT2D eigenvalue weighted by Crippen LogP contribution is 2.27. The Bertz CT molecular complexity index is 1040. The molecule has 1 aromatic heterocycles. The first-order valence-electron chi connectivity index (χ1n) is 8.36. The Balaban J connectivity index is 1.70. The number of methoxy groups -OCH3 is 1. The molecular weight excluding hydrogens is 380 g/mol. The molecule has 0 aliphatic heterocycles. The van der Waals surface area contributed by atoms with Crippen LogP contribution in [0.5, 0.6) is 0 Å². The van der Waals surface area contributed by atoms with Crippen molar-refractivity contribution in [2.75, 3.05) is 7.11 Å². The van der Waals surface area contributed by atoms with Gasteiger partial charge in [-0.2, -0.15) is 5.10 Å². The number of ether oxygens (including phenoxy) is 1. The Kier molecular flexibility index (Phi) is 5.91. The van der Waals surface area contributed by atoms with E-state index in [1.165, 1.54) is 13.3 Å². The maximum Gasteiger partial charge on any atom is 0.339 e. The Labute approximate surface area is 166 Å². The van der Waals surface area contributed by atoms with Gasteiger partial charge in [0.2, 0.25) is 0 Å². The molecule has 142 valence electrons. The van der Waals surface area contributed by atoms with Crippen LogP contribution in [0.2, 0.25) is 5.02 Å². The van der Waals surface area contributed by atoms with Crippen LogP contribution in [0, 0.1) is 6.92 Å². The summed E-state index contributed by atoms with van der Waals surface area (Å²) >= 11 is 6.03. The minimum absolute atomic E-state index is 0.249. The molecule has 0 saturated carbocycles. The van der Waals surface area contributed by atoms with Crippen LogP contribution in [0.25, 0.3) is 11.3 Å². The minimum atomic E-state index is -0.529. The molecular formula is C21H17ClN2O4. The predicted molar refractivity (Wildman–Crippen MR) is 107 cm³/mol. The van der Waals surface area contributed by atoms with E-state index in [1.54, 1.807) is 42.5 Å². The van der Waals surface area contributed by atoms with Crippen LogP contribution in [-0.2, 0) is 4.74 Å². The topological polar surface area (TPSA) is 80.9 Å². The molecule has 0 bridgehead atoms. The summed E-state index contributed by atoms with van der Waals surface area (Å²) < 4.78 is 10.4. The molecule has 1 N–H and O–H groups in total. The molecule has 0 aliphatic carbocycles. The van der Waals surface area contributed by atoms with Gasteiger partial charge >= 0.3 is 5.97 Å². The third-order valence-electron chi connectivity index (χ3n) is 3.95. The van der Waals surface area contributed by atoms with E-state index in [-0.39, 0.29) is 11.5 Å². The van der Waals surface area contributed by atoms with Crippen molar-refractivity contribution in [2.45, 2.75) is 6.92 Å². The smallest absolute Gasteiger partial charge is 0.339 e. The Morgan fingerprint density at radius 1 is 1.11 bits per heavy atom. The number of halogens is 1. The van der Waals surface area contributed by atoms with Gasteiger partial charge in [0, 0.05) is 11.1 Å². The summed E-state index contributed by atoms with van der Waals surface area (Å²) in [5, 5.41) is 4.20. The molecule has 1 heterocycles. The highest BCUT2D eigenvalue weighted by Gasteiger charge is 2.13. The predicted octanol–water partition coefficient (Wildman–Crippen LogP) is 4.46. The molecule has 0 unspecified atom stereocenters. The lowest BCUT2D eigenvalue weighted by atomic mass is 10.1. The van der Waals surface area contributed by atoms with E-state index in [2.05, 4.69) is 10.5 Å². The number of carbonyl (C=O) groups is 2. The molecule has 0 atom stereocenters. The van der Waals surface area contributed by atoms with E-state index in [0.717, 1.165) is 5.56 Å². The number of hydrogen-bond acceptors (Lipinski definition) is 5. The van der Waals surface area contributed by atoms with Gasteiger partial charge in [-0.15, -0.1) is 0 Å². The number of amides is 1. The molecule has 2 aromatic carbocycles. The van der Waals surface area contributed by atoms with Gasteiger partial charge in [0.25, 0.3) is 5.91 Å². The largest absolute Gasteiger partial charge is 0.465 e. The fraction of sp³-hybridized carbons (Fsp3) is 0.0952. The minimum Gasteiger partial charge on any atom is -0.465 e. The number of hydrazone groups is 1. The number of esters is 1. The molecule has 3 rings (SSSR count). The van der Waals surface area contributed by atoms with Crippen molar-refractivity contribution >= 4 is 29.7 Å². The summed E-state index contributed by atoms with van der Waals surface area (Å²) in [5.74, 6) is 0.115. The summed E-state index contributed by atoms with van der Waals surface area (Å²) in [6, 6.07) is 15.5. The molecule has 0 saturated heterocycles. The SMILES string of the molecule is COC(=O)c1cc(-c2ccc(/C=N\NC(=O)c3ccc(C)cc3)o2)ccc1Cl. The first kappa shape index (κ1) is 19.4. The second-order valence-electron chi connectivity index (χ2n) is 5.95. The standard InChI is InChI=1S/C21H17ClN2O4/c1-13-3-5-14(6-4-13)20(25)24-23-12-16-8-10-19(28-16)15-7-9-18(22)17(11-15)21(26)27-2/h3-12H,1-2H3,(H,24,25)/b23-12-. The first-order chi connectivity index (χ1) is 13.5. The van der Waals surface area contributed by atoms with E-state index >= 15 is 0 Å². The molecule has 0 radical (unpaired) electrons.